The fourth-order valence-electron chi connectivity index (χ4n) is 2.51. The maximum Gasteiger partial charge on any atom is 0.138 e. The van der Waals surface area contributed by atoms with Gasteiger partial charge < -0.3 is 15.2 Å². The molecule has 0 spiro atoms. The minimum Gasteiger partial charge on any atom is -0.506 e. The van der Waals surface area contributed by atoms with E-state index in [1.165, 1.54) is 38.2 Å². The number of hydrogen-bond donors (Lipinski definition) is 2. The third-order valence-electron chi connectivity index (χ3n) is 3.61. The lowest BCUT2D eigenvalue weighted by molar-refractivity contribution is 0.0302. The van der Waals surface area contributed by atoms with Crippen molar-refractivity contribution in [2.45, 2.75) is 44.8 Å². The van der Waals surface area contributed by atoms with Crippen LogP contribution in [0.1, 0.15) is 37.7 Å². The zero-order valence-corrected chi connectivity index (χ0v) is 13.0. The first-order valence-electron chi connectivity index (χ1n) is 7.16. The van der Waals surface area contributed by atoms with Crippen LogP contribution in [0, 0.1) is 0 Å². The molecular formula is C15H21Cl2NO2. The molecule has 0 radical (unpaired) electrons. The third kappa shape index (κ3) is 4.81. The molecule has 1 aromatic rings. The second-order valence-electron chi connectivity index (χ2n) is 5.20. The average Bonchev–Trinajstić information content (AvgIpc) is 2.44. The highest BCUT2D eigenvalue weighted by Gasteiger charge is 2.13. The number of phenolic OH excluding ortho intramolecular Hbond substituents is 1. The quantitative estimate of drug-likeness (QED) is 0.775. The summed E-state index contributed by atoms with van der Waals surface area (Å²) >= 11 is 11.8. The van der Waals surface area contributed by atoms with Gasteiger partial charge in [0.25, 0.3) is 0 Å². The predicted octanol–water partition coefficient (Wildman–Crippen LogP) is 4.14. The molecule has 2 rings (SSSR count). The van der Waals surface area contributed by atoms with Gasteiger partial charge in [0.1, 0.15) is 5.75 Å². The summed E-state index contributed by atoms with van der Waals surface area (Å²) in [5.74, 6) is 0.0942. The summed E-state index contributed by atoms with van der Waals surface area (Å²) in [7, 11) is 0. The molecule has 0 amide bonds. The van der Waals surface area contributed by atoms with Crippen LogP contribution < -0.4 is 5.32 Å². The molecule has 0 unspecified atom stereocenters. The average molecular weight is 318 g/mol. The van der Waals surface area contributed by atoms with Crippen LogP contribution >= 0.6 is 23.2 Å². The van der Waals surface area contributed by atoms with Gasteiger partial charge in [-0.1, -0.05) is 42.5 Å². The Labute approximate surface area is 130 Å². The molecule has 2 N–H and O–H groups in total. The van der Waals surface area contributed by atoms with E-state index in [1.807, 2.05) is 0 Å². The third-order valence-corrected chi connectivity index (χ3v) is 4.11. The second-order valence-corrected chi connectivity index (χ2v) is 6.05. The molecule has 1 aliphatic carbocycles. The molecule has 20 heavy (non-hydrogen) atoms. The Morgan fingerprint density at radius 2 is 1.95 bits per heavy atom. The van der Waals surface area contributed by atoms with Gasteiger partial charge in [-0.3, -0.25) is 0 Å². The fraction of sp³-hybridized carbons (Fsp3) is 0.600. The summed E-state index contributed by atoms with van der Waals surface area (Å²) in [6.07, 6.45) is 6.71. The molecule has 0 aromatic heterocycles. The number of nitrogens with one attached hydrogen (secondary N) is 1. The van der Waals surface area contributed by atoms with Crippen molar-refractivity contribution in [3.8, 4) is 5.75 Å². The number of hydrogen-bond acceptors (Lipinski definition) is 3. The summed E-state index contributed by atoms with van der Waals surface area (Å²) in [4.78, 5) is 0. The molecule has 1 fully saturated rings. The van der Waals surface area contributed by atoms with E-state index in [1.54, 1.807) is 6.07 Å². The Morgan fingerprint density at radius 3 is 2.70 bits per heavy atom. The summed E-state index contributed by atoms with van der Waals surface area (Å²) in [6.45, 7) is 1.97. The Balaban J connectivity index is 1.68. The smallest absolute Gasteiger partial charge is 0.138 e. The van der Waals surface area contributed by atoms with E-state index in [4.69, 9.17) is 27.9 Å². The molecule has 0 aliphatic heterocycles. The molecule has 0 saturated heterocycles. The summed E-state index contributed by atoms with van der Waals surface area (Å²) < 4.78 is 5.82. The number of benzene rings is 1. The first-order valence-corrected chi connectivity index (χ1v) is 7.91. The highest BCUT2D eigenvalue weighted by atomic mass is 35.5. The lowest BCUT2D eigenvalue weighted by Crippen LogP contribution is -2.24. The highest BCUT2D eigenvalue weighted by Crippen LogP contribution is 2.30. The maximum atomic E-state index is 9.82. The van der Waals surface area contributed by atoms with Crippen LogP contribution in [0.25, 0.3) is 0 Å². The van der Waals surface area contributed by atoms with Crippen molar-refractivity contribution in [3.63, 3.8) is 0 Å². The van der Waals surface area contributed by atoms with Gasteiger partial charge in [0, 0.05) is 23.7 Å². The van der Waals surface area contributed by atoms with Crippen molar-refractivity contribution in [3.05, 3.63) is 27.7 Å². The van der Waals surface area contributed by atoms with Crippen LogP contribution in [-0.4, -0.2) is 24.4 Å². The lowest BCUT2D eigenvalue weighted by Gasteiger charge is -2.22. The zero-order chi connectivity index (χ0) is 14.4. The van der Waals surface area contributed by atoms with Gasteiger partial charge in [0.05, 0.1) is 17.7 Å². The fourth-order valence-corrected chi connectivity index (χ4v) is 3.04. The molecule has 112 valence electrons. The van der Waals surface area contributed by atoms with Crippen molar-refractivity contribution >= 4 is 23.2 Å². The predicted molar refractivity (Wildman–Crippen MR) is 82.7 cm³/mol. The molecule has 1 saturated carbocycles. The van der Waals surface area contributed by atoms with E-state index in [9.17, 15) is 5.11 Å². The van der Waals surface area contributed by atoms with Crippen molar-refractivity contribution in [2.24, 2.45) is 0 Å². The van der Waals surface area contributed by atoms with Crippen LogP contribution in [0.15, 0.2) is 12.1 Å². The first kappa shape index (κ1) is 15.9. The largest absolute Gasteiger partial charge is 0.506 e. The van der Waals surface area contributed by atoms with Gasteiger partial charge in [-0.15, -0.1) is 0 Å². The van der Waals surface area contributed by atoms with Crippen molar-refractivity contribution in [1.29, 1.82) is 0 Å². The van der Waals surface area contributed by atoms with Crippen LogP contribution in [0.3, 0.4) is 0 Å². The summed E-state index contributed by atoms with van der Waals surface area (Å²) in [5, 5.41) is 13.9. The second kappa shape index (κ2) is 8.08. The van der Waals surface area contributed by atoms with E-state index in [2.05, 4.69) is 5.32 Å². The molecule has 0 bridgehead atoms. The number of halogens is 2. The monoisotopic (exact) mass is 317 g/mol. The van der Waals surface area contributed by atoms with Crippen LogP contribution in [0.5, 0.6) is 5.75 Å². The van der Waals surface area contributed by atoms with Gasteiger partial charge >= 0.3 is 0 Å². The Hall–Kier alpha value is -0.480. The molecule has 0 heterocycles. The minimum atomic E-state index is 0.0942. The Morgan fingerprint density at radius 1 is 1.20 bits per heavy atom. The molecule has 3 nitrogen and oxygen atoms in total. The zero-order valence-electron chi connectivity index (χ0n) is 11.5. The maximum absolute atomic E-state index is 9.82. The number of rotatable bonds is 6. The molecule has 1 aliphatic rings. The van der Waals surface area contributed by atoms with E-state index in [0.717, 1.165) is 6.54 Å². The summed E-state index contributed by atoms with van der Waals surface area (Å²) in [5.41, 5.74) is 0.708. The molecule has 1 aromatic carbocycles. The molecule has 0 atom stereocenters. The van der Waals surface area contributed by atoms with Crippen molar-refractivity contribution < 1.29 is 9.84 Å². The Bertz CT molecular complexity index is 434. The SMILES string of the molecule is Oc1c(Cl)cc(Cl)cc1CNCCOC1CCCCC1. The van der Waals surface area contributed by atoms with E-state index in [0.29, 0.717) is 29.8 Å². The van der Waals surface area contributed by atoms with Gasteiger partial charge in [0.2, 0.25) is 0 Å². The van der Waals surface area contributed by atoms with Crippen molar-refractivity contribution in [2.75, 3.05) is 13.2 Å². The lowest BCUT2D eigenvalue weighted by atomic mass is 9.98. The van der Waals surface area contributed by atoms with E-state index >= 15 is 0 Å². The summed E-state index contributed by atoms with van der Waals surface area (Å²) in [6, 6.07) is 3.26. The van der Waals surface area contributed by atoms with Gasteiger partial charge in [-0.05, 0) is 25.0 Å². The van der Waals surface area contributed by atoms with E-state index < -0.39 is 0 Å². The van der Waals surface area contributed by atoms with Crippen molar-refractivity contribution in [1.82, 2.24) is 5.32 Å². The Kier molecular flexibility index (Phi) is 6.43. The van der Waals surface area contributed by atoms with Gasteiger partial charge in [-0.25, -0.2) is 0 Å². The first-order chi connectivity index (χ1) is 9.66. The van der Waals surface area contributed by atoms with Crippen LogP contribution in [0.4, 0.5) is 0 Å². The number of ether oxygens (including phenoxy) is 1. The number of aromatic hydroxyl groups is 1. The standard InChI is InChI=1S/C15H21Cl2NO2/c16-12-8-11(15(19)14(17)9-12)10-18-6-7-20-13-4-2-1-3-5-13/h8-9,13,18-19H,1-7,10H2. The van der Waals surface area contributed by atoms with Crippen LogP contribution in [-0.2, 0) is 11.3 Å². The number of phenols is 1. The van der Waals surface area contributed by atoms with Gasteiger partial charge in [0.15, 0.2) is 0 Å². The molecule has 5 heteroatoms. The van der Waals surface area contributed by atoms with E-state index in [-0.39, 0.29) is 10.8 Å². The van der Waals surface area contributed by atoms with Gasteiger partial charge in [-0.2, -0.15) is 0 Å². The highest BCUT2D eigenvalue weighted by molar-refractivity contribution is 6.35. The topological polar surface area (TPSA) is 41.5 Å². The normalized spacial score (nSPS) is 16.5. The van der Waals surface area contributed by atoms with Crippen LogP contribution in [0.2, 0.25) is 10.0 Å². The minimum absolute atomic E-state index is 0.0942. The molecular weight excluding hydrogens is 297 g/mol.